The van der Waals surface area contributed by atoms with Crippen LogP contribution in [-0.4, -0.2) is 13.7 Å². The zero-order valence-electron chi connectivity index (χ0n) is 22.7. The summed E-state index contributed by atoms with van der Waals surface area (Å²) in [7, 11) is 0. The molecule has 3 aromatic heterocycles. The third kappa shape index (κ3) is 3.76. The molecule has 7 aromatic rings. The molecule has 18 heteroatoms. The molecule has 0 aliphatic heterocycles. The van der Waals surface area contributed by atoms with Gasteiger partial charge in [-0.05, 0) is 0 Å². The van der Waals surface area contributed by atoms with Crippen molar-refractivity contribution < 1.29 is 39.5 Å². The summed E-state index contributed by atoms with van der Waals surface area (Å²) in [5, 5.41) is -7.98. The van der Waals surface area contributed by atoms with Crippen LogP contribution in [0.3, 0.4) is 0 Å². The highest BCUT2D eigenvalue weighted by molar-refractivity contribution is 6.25. The lowest BCUT2D eigenvalue weighted by Gasteiger charge is -2.04. The minimum atomic E-state index is -1.88. The first-order chi connectivity index (χ1) is 22.6. The Kier molecular flexibility index (Phi) is 6.21. The van der Waals surface area contributed by atoms with Crippen LogP contribution in [-0.2, 0) is 0 Å². The Hall–Kier alpha value is -6.33. The molecule has 9 nitrogen and oxygen atoms in total. The van der Waals surface area contributed by atoms with Crippen LogP contribution in [0.5, 0.6) is 0 Å². The molecule has 0 bridgehead atoms. The first-order valence-corrected chi connectivity index (χ1v) is 12.9. The van der Waals surface area contributed by atoms with Crippen LogP contribution < -0.4 is 33.4 Å². The summed E-state index contributed by atoms with van der Waals surface area (Å²) in [4.78, 5) is 82.5. The Morgan fingerprint density at radius 1 is 0.292 bits per heavy atom. The first kappa shape index (κ1) is 30.3. The lowest BCUT2D eigenvalue weighted by atomic mass is 10.0. The summed E-state index contributed by atoms with van der Waals surface area (Å²) in [5.74, 6) is -15.8. The number of nitrogens with zero attached hydrogens (tertiary/aromatic N) is 3. The van der Waals surface area contributed by atoms with Crippen LogP contribution in [0.25, 0.3) is 49.4 Å². The molecular formula is C30H6F9N3O6. The van der Waals surface area contributed by atoms with Gasteiger partial charge in [-0.1, -0.05) is 0 Å². The van der Waals surface area contributed by atoms with E-state index >= 15 is 0 Å². The van der Waals surface area contributed by atoms with Crippen molar-refractivity contribution in [2.45, 2.75) is 0 Å². The Morgan fingerprint density at radius 3 is 0.583 bits per heavy atom. The van der Waals surface area contributed by atoms with Crippen LogP contribution in [0.1, 0.15) is 0 Å². The normalized spacial score (nSPS) is 11.9. The second-order valence-electron chi connectivity index (χ2n) is 10.2. The van der Waals surface area contributed by atoms with Gasteiger partial charge in [0.25, 0.3) is 33.4 Å². The second kappa shape index (κ2) is 9.84. The van der Waals surface area contributed by atoms with E-state index in [1.807, 2.05) is 0 Å². The summed E-state index contributed by atoms with van der Waals surface area (Å²) >= 11 is 0. The molecule has 0 saturated heterocycles. The lowest BCUT2D eigenvalue weighted by molar-refractivity contribution is 0.531. The maximum absolute atomic E-state index is 14.9. The minimum Gasteiger partial charge on any atom is -0.268 e. The monoisotopic (exact) mass is 675 g/mol. The van der Waals surface area contributed by atoms with Gasteiger partial charge < -0.3 is 0 Å². The van der Waals surface area contributed by atoms with Gasteiger partial charge in [0, 0.05) is 36.4 Å². The summed E-state index contributed by atoms with van der Waals surface area (Å²) in [6.07, 6.45) is 0. The molecule has 0 amide bonds. The van der Waals surface area contributed by atoms with Gasteiger partial charge in [0.2, 0.25) is 0 Å². The second-order valence-corrected chi connectivity index (χ2v) is 10.2. The molecule has 0 aliphatic rings. The van der Waals surface area contributed by atoms with Gasteiger partial charge >= 0.3 is 0 Å². The number of aromatic nitrogens is 3. The van der Waals surface area contributed by atoms with E-state index in [4.69, 9.17) is 0 Å². The Bertz CT molecular complexity index is 2450. The first-order valence-electron chi connectivity index (χ1n) is 12.9. The molecule has 0 unspecified atom stereocenters. The molecule has 0 fully saturated rings. The SMILES string of the molecule is O=c1c2c3c(=O)n(-c4c(F)cc(F)cc4F)c(=O)c3c3c(=O)n(-c4c(F)cc(F)cc4F)c(=O)c3c2c(=O)n1-c1c(F)cc(F)cc1F. The molecule has 0 spiro atoms. The van der Waals surface area contributed by atoms with Crippen LogP contribution in [0.4, 0.5) is 39.5 Å². The molecule has 0 saturated carbocycles. The van der Waals surface area contributed by atoms with E-state index in [9.17, 15) is 68.3 Å². The molecule has 0 radical (unpaired) electrons. The minimum absolute atomic E-state index is 0.0316. The van der Waals surface area contributed by atoms with Crippen molar-refractivity contribution in [1.29, 1.82) is 0 Å². The van der Waals surface area contributed by atoms with Gasteiger partial charge in [-0.15, -0.1) is 0 Å². The molecule has 4 aromatic carbocycles. The highest BCUT2D eigenvalue weighted by Gasteiger charge is 2.35. The van der Waals surface area contributed by atoms with Crippen molar-refractivity contribution in [2.75, 3.05) is 0 Å². The fourth-order valence-electron chi connectivity index (χ4n) is 5.83. The molecule has 0 N–H and O–H groups in total. The predicted molar refractivity (Wildman–Crippen MR) is 148 cm³/mol. The Morgan fingerprint density at radius 2 is 0.438 bits per heavy atom. The van der Waals surface area contributed by atoms with Crippen LogP contribution in [0, 0.1) is 52.4 Å². The Balaban J connectivity index is 1.83. The molecule has 3 heterocycles. The third-order valence-electron chi connectivity index (χ3n) is 7.62. The van der Waals surface area contributed by atoms with E-state index in [1.165, 1.54) is 0 Å². The van der Waals surface area contributed by atoms with Crippen LogP contribution in [0.15, 0.2) is 65.2 Å². The summed E-state index contributed by atoms with van der Waals surface area (Å²) in [6.45, 7) is 0. The van der Waals surface area contributed by atoms with E-state index in [0.717, 1.165) is 0 Å². The van der Waals surface area contributed by atoms with Gasteiger partial charge in [0.1, 0.15) is 34.5 Å². The fourth-order valence-corrected chi connectivity index (χ4v) is 5.83. The van der Waals surface area contributed by atoms with E-state index in [1.54, 1.807) is 0 Å². The van der Waals surface area contributed by atoms with E-state index in [0.29, 0.717) is 0 Å². The number of hydrogen-bond donors (Lipinski definition) is 0. The summed E-state index contributed by atoms with van der Waals surface area (Å²) in [6, 6.07) is 0.189. The largest absolute Gasteiger partial charge is 0.268 e. The van der Waals surface area contributed by atoms with Gasteiger partial charge in [-0.2, -0.15) is 0 Å². The van der Waals surface area contributed by atoms with Crippen LogP contribution in [0.2, 0.25) is 0 Å². The van der Waals surface area contributed by atoms with Crippen molar-refractivity contribution >= 4 is 32.3 Å². The highest BCUT2D eigenvalue weighted by atomic mass is 19.2. The standard InChI is InChI=1S/C30H6F9N3O6/c31-7-1-10(34)22(11(35)2-7)40-25(43)16-17(26(40)44)19-21(30(48)42(28(19)46)24-14(38)5-9(33)6-15(24)39)20-18(16)27(45)41(29(20)47)23-12(36)3-8(32)4-13(23)37/h1-6H. The average molecular weight is 675 g/mol. The maximum atomic E-state index is 14.9. The zero-order chi connectivity index (χ0) is 34.8. The van der Waals surface area contributed by atoms with Crippen molar-refractivity contribution in [1.82, 2.24) is 13.7 Å². The number of hydrogen-bond acceptors (Lipinski definition) is 6. The van der Waals surface area contributed by atoms with Gasteiger partial charge in [0.05, 0.1) is 32.3 Å². The summed E-state index contributed by atoms with van der Waals surface area (Å²) in [5.41, 5.74) is -16.0. The summed E-state index contributed by atoms with van der Waals surface area (Å²) < 4.78 is 129. The van der Waals surface area contributed by atoms with Gasteiger partial charge in [-0.3, -0.25) is 28.8 Å². The predicted octanol–water partition coefficient (Wildman–Crippen LogP) is 3.24. The van der Waals surface area contributed by atoms with E-state index < -0.39 is 135 Å². The van der Waals surface area contributed by atoms with E-state index in [2.05, 4.69) is 0 Å². The Labute approximate surface area is 253 Å². The van der Waals surface area contributed by atoms with E-state index in [-0.39, 0.29) is 50.1 Å². The van der Waals surface area contributed by atoms with Crippen molar-refractivity contribution in [3.63, 3.8) is 0 Å². The average Bonchev–Trinajstić information content (AvgIpc) is 3.48. The number of benzene rings is 4. The fraction of sp³-hybridized carbons (Fsp3) is 0. The third-order valence-corrected chi connectivity index (χ3v) is 7.62. The van der Waals surface area contributed by atoms with Crippen LogP contribution >= 0.6 is 0 Å². The quantitative estimate of drug-likeness (QED) is 0.266. The number of halogens is 9. The smallest absolute Gasteiger partial charge is 0.267 e. The zero-order valence-corrected chi connectivity index (χ0v) is 22.7. The van der Waals surface area contributed by atoms with Gasteiger partial charge in [0.15, 0.2) is 34.9 Å². The molecular weight excluding hydrogens is 669 g/mol. The lowest BCUT2D eigenvalue weighted by Crippen LogP contribution is -2.27. The molecule has 48 heavy (non-hydrogen) atoms. The maximum Gasteiger partial charge on any atom is 0.267 e. The topological polar surface area (TPSA) is 117 Å². The number of fused-ring (bicyclic) bond motifs is 6. The van der Waals surface area contributed by atoms with Crippen molar-refractivity contribution in [3.8, 4) is 17.1 Å². The highest BCUT2D eigenvalue weighted by Crippen LogP contribution is 2.30. The van der Waals surface area contributed by atoms with Crippen molar-refractivity contribution in [2.24, 2.45) is 0 Å². The molecule has 7 rings (SSSR count). The molecule has 0 atom stereocenters. The molecule has 0 aliphatic carbocycles. The number of rotatable bonds is 3. The van der Waals surface area contributed by atoms with Crippen molar-refractivity contribution in [3.05, 3.63) is 151 Å². The van der Waals surface area contributed by atoms with Gasteiger partial charge in [-0.25, -0.2) is 53.2 Å². The molecule has 240 valence electrons.